The Bertz CT molecular complexity index is 495. The zero-order valence-electron chi connectivity index (χ0n) is 12.3. The number of benzene rings is 1. The highest BCUT2D eigenvalue weighted by Gasteiger charge is 2.22. The third-order valence-corrected chi connectivity index (χ3v) is 4.55. The summed E-state index contributed by atoms with van der Waals surface area (Å²) in [6.07, 6.45) is 4.60. The minimum atomic E-state index is 0.480. The van der Waals surface area contributed by atoms with Gasteiger partial charge in [0.25, 0.3) is 0 Å². The van der Waals surface area contributed by atoms with E-state index in [0.29, 0.717) is 30.0 Å². The van der Waals surface area contributed by atoms with Gasteiger partial charge in [-0.15, -0.1) is 0 Å². The van der Waals surface area contributed by atoms with Gasteiger partial charge in [-0.25, -0.2) is 0 Å². The highest BCUT2D eigenvalue weighted by molar-refractivity contribution is 6.32. The molecule has 0 spiro atoms. The van der Waals surface area contributed by atoms with Crippen LogP contribution in [0.5, 0.6) is 11.5 Å². The SMILES string of the molecule is NCC1CCCCN1Cc1cc(Cl)c2c(c1)OCCCO2. The predicted octanol–water partition coefficient (Wildman–Crippen LogP) is 2.81. The van der Waals surface area contributed by atoms with Crippen LogP contribution in [0.2, 0.25) is 5.02 Å². The van der Waals surface area contributed by atoms with E-state index >= 15 is 0 Å². The zero-order chi connectivity index (χ0) is 14.7. The van der Waals surface area contributed by atoms with Crippen LogP contribution in [-0.4, -0.2) is 37.2 Å². The Morgan fingerprint density at radius 2 is 2.05 bits per heavy atom. The van der Waals surface area contributed by atoms with Crippen molar-refractivity contribution >= 4 is 11.6 Å². The van der Waals surface area contributed by atoms with Crippen LogP contribution >= 0.6 is 11.6 Å². The second-order valence-corrected chi connectivity index (χ2v) is 6.22. The molecular weight excluding hydrogens is 288 g/mol. The third kappa shape index (κ3) is 3.44. The molecule has 116 valence electrons. The Balaban J connectivity index is 1.79. The van der Waals surface area contributed by atoms with Gasteiger partial charge in [0.2, 0.25) is 0 Å². The molecule has 1 saturated heterocycles. The maximum atomic E-state index is 6.36. The number of ether oxygens (including phenoxy) is 2. The van der Waals surface area contributed by atoms with Crippen LogP contribution < -0.4 is 15.2 Å². The summed E-state index contributed by atoms with van der Waals surface area (Å²) in [4.78, 5) is 2.46. The van der Waals surface area contributed by atoms with Gasteiger partial charge in [-0.05, 0) is 37.1 Å². The second-order valence-electron chi connectivity index (χ2n) is 5.81. The number of rotatable bonds is 3. The lowest BCUT2D eigenvalue weighted by molar-refractivity contribution is 0.144. The fourth-order valence-electron chi connectivity index (χ4n) is 3.15. The van der Waals surface area contributed by atoms with Crippen molar-refractivity contribution in [3.63, 3.8) is 0 Å². The molecule has 1 aromatic carbocycles. The Hall–Kier alpha value is -0.970. The number of likely N-dealkylation sites (tertiary alicyclic amines) is 1. The highest BCUT2D eigenvalue weighted by Crippen LogP contribution is 2.38. The van der Waals surface area contributed by atoms with Gasteiger partial charge in [0, 0.05) is 25.6 Å². The van der Waals surface area contributed by atoms with Crippen molar-refractivity contribution in [1.29, 1.82) is 0 Å². The van der Waals surface area contributed by atoms with E-state index in [1.54, 1.807) is 0 Å². The molecular formula is C16H23ClN2O2. The first-order chi connectivity index (χ1) is 10.3. The standard InChI is InChI=1S/C16H23ClN2O2/c17-14-8-12(9-15-16(14)21-7-3-6-20-15)11-19-5-2-1-4-13(19)10-18/h8-9,13H,1-7,10-11,18H2. The summed E-state index contributed by atoms with van der Waals surface area (Å²) in [5.74, 6) is 1.46. The van der Waals surface area contributed by atoms with Crippen molar-refractivity contribution in [2.24, 2.45) is 5.73 Å². The minimum Gasteiger partial charge on any atom is -0.489 e. The number of fused-ring (bicyclic) bond motifs is 1. The molecule has 1 aromatic rings. The fraction of sp³-hybridized carbons (Fsp3) is 0.625. The summed E-state index contributed by atoms with van der Waals surface area (Å²) >= 11 is 6.36. The molecule has 1 unspecified atom stereocenters. The Morgan fingerprint density at radius 1 is 1.19 bits per heavy atom. The number of hydrogen-bond donors (Lipinski definition) is 1. The monoisotopic (exact) mass is 310 g/mol. The molecule has 1 fully saturated rings. The van der Waals surface area contributed by atoms with Gasteiger partial charge in [0.05, 0.1) is 18.2 Å². The topological polar surface area (TPSA) is 47.7 Å². The van der Waals surface area contributed by atoms with Gasteiger partial charge >= 0.3 is 0 Å². The van der Waals surface area contributed by atoms with E-state index in [4.69, 9.17) is 26.8 Å². The third-order valence-electron chi connectivity index (χ3n) is 4.27. The van der Waals surface area contributed by atoms with E-state index in [0.717, 1.165) is 31.8 Å². The summed E-state index contributed by atoms with van der Waals surface area (Å²) in [7, 11) is 0. The summed E-state index contributed by atoms with van der Waals surface area (Å²) in [5, 5.41) is 0.644. The molecule has 0 aliphatic carbocycles. The van der Waals surface area contributed by atoms with Gasteiger partial charge in [0.1, 0.15) is 0 Å². The van der Waals surface area contributed by atoms with Crippen molar-refractivity contribution in [3.05, 3.63) is 22.7 Å². The van der Waals surface area contributed by atoms with E-state index in [-0.39, 0.29) is 0 Å². The van der Waals surface area contributed by atoms with E-state index in [2.05, 4.69) is 11.0 Å². The largest absolute Gasteiger partial charge is 0.489 e. The van der Waals surface area contributed by atoms with E-state index < -0.39 is 0 Å². The predicted molar refractivity (Wildman–Crippen MR) is 84.2 cm³/mol. The molecule has 2 heterocycles. The van der Waals surface area contributed by atoms with Crippen LogP contribution in [0.3, 0.4) is 0 Å². The van der Waals surface area contributed by atoms with E-state index in [9.17, 15) is 0 Å². The molecule has 1 atom stereocenters. The number of piperidine rings is 1. The van der Waals surface area contributed by atoms with Crippen molar-refractivity contribution in [3.8, 4) is 11.5 Å². The smallest absolute Gasteiger partial charge is 0.179 e. The molecule has 0 amide bonds. The molecule has 2 aliphatic rings. The Labute approximate surface area is 131 Å². The van der Waals surface area contributed by atoms with Crippen LogP contribution in [0.1, 0.15) is 31.2 Å². The number of hydrogen-bond acceptors (Lipinski definition) is 4. The van der Waals surface area contributed by atoms with Crippen molar-refractivity contribution in [1.82, 2.24) is 4.90 Å². The Kier molecular flexibility index (Phi) is 4.88. The molecule has 0 bridgehead atoms. The minimum absolute atomic E-state index is 0.480. The Morgan fingerprint density at radius 3 is 2.90 bits per heavy atom. The maximum Gasteiger partial charge on any atom is 0.179 e. The molecule has 2 aliphatic heterocycles. The van der Waals surface area contributed by atoms with Crippen molar-refractivity contribution < 1.29 is 9.47 Å². The average molecular weight is 311 g/mol. The summed E-state index contributed by atoms with van der Waals surface area (Å²) in [6, 6.07) is 4.54. The molecule has 0 radical (unpaired) electrons. The van der Waals surface area contributed by atoms with Gasteiger partial charge in [-0.2, -0.15) is 0 Å². The molecule has 4 nitrogen and oxygen atoms in total. The maximum absolute atomic E-state index is 6.36. The van der Waals surface area contributed by atoms with Crippen LogP contribution in [0.25, 0.3) is 0 Å². The van der Waals surface area contributed by atoms with Gasteiger partial charge in [-0.3, -0.25) is 4.90 Å². The number of nitrogens with two attached hydrogens (primary N) is 1. The molecule has 21 heavy (non-hydrogen) atoms. The molecule has 2 N–H and O–H groups in total. The molecule has 3 rings (SSSR count). The van der Waals surface area contributed by atoms with Crippen molar-refractivity contribution in [2.45, 2.75) is 38.3 Å². The quantitative estimate of drug-likeness (QED) is 0.932. The zero-order valence-corrected chi connectivity index (χ0v) is 13.1. The first-order valence-corrected chi connectivity index (χ1v) is 8.18. The van der Waals surface area contributed by atoms with Crippen LogP contribution in [0.15, 0.2) is 12.1 Å². The van der Waals surface area contributed by atoms with Gasteiger partial charge < -0.3 is 15.2 Å². The number of nitrogens with zero attached hydrogens (tertiary/aromatic N) is 1. The first-order valence-electron chi connectivity index (χ1n) is 7.80. The lowest BCUT2D eigenvalue weighted by Gasteiger charge is -2.35. The first kappa shape index (κ1) is 14.9. The van der Waals surface area contributed by atoms with Crippen LogP contribution in [0, 0.1) is 0 Å². The summed E-state index contributed by atoms with van der Waals surface area (Å²) in [5.41, 5.74) is 7.07. The van der Waals surface area contributed by atoms with E-state index in [1.807, 2.05) is 6.07 Å². The lowest BCUT2D eigenvalue weighted by atomic mass is 10.0. The second kappa shape index (κ2) is 6.86. The van der Waals surface area contributed by atoms with Gasteiger partial charge in [0.15, 0.2) is 11.5 Å². The fourth-order valence-corrected chi connectivity index (χ4v) is 3.43. The highest BCUT2D eigenvalue weighted by atomic mass is 35.5. The van der Waals surface area contributed by atoms with Gasteiger partial charge in [-0.1, -0.05) is 18.0 Å². The molecule has 0 saturated carbocycles. The normalized spacial score (nSPS) is 22.9. The average Bonchev–Trinajstić information content (AvgIpc) is 2.73. The summed E-state index contributed by atoms with van der Waals surface area (Å²) < 4.78 is 11.4. The molecule has 5 heteroatoms. The van der Waals surface area contributed by atoms with Crippen molar-refractivity contribution in [2.75, 3.05) is 26.3 Å². The van der Waals surface area contributed by atoms with E-state index in [1.165, 1.54) is 24.8 Å². The number of halogens is 1. The lowest BCUT2D eigenvalue weighted by Crippen LogP contribution is -2.43. The summed E-state index contributed by atoms with van der Waals surface area (Å²) in [6.45, 7) is 4.04. The van der Waals surface area contributed by atoms with Crippen LogP contribution in [0.4, 0.5) is 0 Å². The van der Waals surface area contributed by atoms with Crippen LogP contribution in [-0.2, 0) is 6.54 Å². The molecule has 0 aromatic heterocycles.